The average Bonchev–Trinajstić information content (AvgIpc) is 2.34. The van der Waals surface area contributed by atoms with Gasteiger partial charge in [-0.25, -0.2) is 0 Å². The zero-order chi connectivity index (χ0) is 11.8. The zero-order valence-electron chi connectivity index (χ0n) is 10.1. The van der Waals surface area contributed by atoms with Crippen LogP contribution in [0, 0.1) is 5.92 Å². The predicted octanol–water partition coefficient (Wildman–Crippen LogP) is 3.97. The molecule has 0 spiro atoms. The normalized spacial score (nSPS) is 14.9. The van der Waals surface area contributed by atoms with E-state index in [1.807, 2.05) is 24.3 Å². The molecule has 0 radical (unpaired) electrons. The van der Waals surface area contributed by atoms with E-state index >= 15 is 0 Å². The maximum Gasteiger partial charge on any atom is 0.0732 e. The minimum absolute atomic E-state index is 0.141. The van der Waals surface area contributed by atoms with E-state index in [1.54, 1.807) is 0 Å². The van der Waals surface area contributed by atoms with Gasteiger partial charge in [0.05, 0.1) is 12.7 Å². The molecule has 0 unspecified atom stereocenters. The highest BCUT2D eigenvalue weighted by atomic mass is 16.5. The van der Waals surface area contributed by atoms with Crippen molar-refractivity contribution in [2.75, 3.05) is 0 Å². The molecule has 0 aliphatic rings. The fourth-order valence-electron chi connectivity index (χ4n) is 1.27. The first-order valence-corrected chi connectivity index (χ1v) is 5.68. The fraction of sp³-hybridized carbons (Fsp3) is 0.333. The van der Waals surface area contributed by atoms with Gasteiger partial charge in [-0.05, 0) is 18.4 Å². The number of allylic oxidation sites excluding steroid dienone is 2. The van der Waals surface area contributed by atoms with Crippen molar-refractivity contribution in [2.24, 2.45) is 5.92 Å². The summed E-state index contributed by atoms with van der Waals surface area (Å²) in [7, 11) is 0. The van der Waals surface area contributed by atoms with E-state index in [0.29, 0.717) is 12.5 Å². The summed E-state index contributed by atoms with van der Waals surface area (Å²) in [5.74, 6) is 0.405. The molecular formula is C15H20O. The van der Waals surface area contributed by atoms with E-state index in [4.69, 9.17) is 4.74 Å². The molecule has 0 N–H and O–H groups in total. The van der Waals surface area contributed by atoms with Crippen molar-refractivity contribution >= 4 is 0 Å². The molecule has 1 aromatic rings. The third-order valence-corrected chi connectivity index (χ3v) is 2.41. The van der Waals surface area contributed by atoms with Gasteiger partial charge in [-0.1, -0.05) is 55.5 Å². The molecule has 0 amide bonds. The molecule has 86 valence electrons. The van der Waals surface area contributed by atoms with Gasteiger partial charge in [-0.3, -0.25) is 0 Å². The summed E-state index contributed by atoms with van der Waals surface area (Å²) in [5.41, 5.74) is 1.21. The molecule has 1 nitrogen and oxygen atoms in total. The van der Waals surface area contributed by atoms with Crippen molar-refractivity contribution in [2.45, 2.75) is 26.6 Å². The number of hydrogen-bond donors (Lipinski definition) is 0. The monoisotopic (exact) mass is 216 g/mol. The Balaban J connectivity index is 2.33. The summed E-state index contributed by atoms with van der Waals surface area (Å²) in [5, 5.41) is 0. The van der Waals surface area contributed by atoms with Gasteiger partial charge >= 0.3 is 0 Å². The molecule has 16 heavy (non-hydrogen) atoms. The first-order valence-electron chi connectivity index (χ1n) is 5.68. The Hall–Kier alpha value is -1.34. The molecule has 1 rings (SSSR count). The molecule has 0 saturated carbocycles. The summed E-state index contributed by atoms with van der Waals surface area (Å²) in [6, 6.07) is 10.2. The van der Waals surface area contributed by atoms with Crippen molar-refractivity contribution < 1.29 is 4.74 Å². The topological polar surface area (TPSA) is 9.23 Å². The molecule has 1 heteroatoms. The molecule has 1 aromatic carbocycles. The van der Waals surface area contributed by atoms with Gasteiger partial charge in [-0.15, -0.1) is 6.58 Å². The van der Waals surface area contributed by atoms with E-state index in [9.17, 15) is 0 Å². The van der Waals surface area contributed by atoms with Crippen LogP contribution in [-0.2, 0) is 11.3 Å². The Morgan fingerprint density at radius 3 is 2.50 bits per heavy atom. The molecule has 0 fully saturated rings. The highest BCUT2D eigenvalue weighted by molar-refractivity contribution is 5.13. The van der Waals surface area contributed by atoms with Gasteiger partial charge in [0.25, 0.3) is 0 Å². The molecule has 0 aliphatic carbocycles. The number of hydrogen-bond acceptors (Lipinski definition) is 1. The summed E-state index contributed by atoms with van der Waals surface area (Å²) in [6.45, 7) is 8.56. The van der Waals surface area contributed by atoms with E-state index in [2.05, 4.69) is 44.7 Å². The molecule has 2 atom stereocenters. The van der Waals surface area contributed by atoms with Crippen LogP contribution < -0.4 is 0 Å². The van der Waals surface area contributed by atoms with Crippen LogP contribution >= 0.6 is 0 Å². The first kappa shape index (κ1) is 12.7. The van der Waals surface area contributed by atoms with E-state index in [0.717, 1.165) is 0 Å². The molecule has 0 aromatic heterocycles. The summed E-state index contributed by atoms with van der Waals surface area (Å²) in [4.78, 5) is 0. The number of ether oxygens (including phenoxy) is 1. The third-order valence-electron chi connectivity index (χ3n) is 2.41. The lowest BCUT2D eigenvalue weighted by molar-refractivity contribution is 0.0838. The first-order chi connectivity index (χ1) is 7.72. The Labute approximate surface area is 98.5 Å². The van der Waals surface area contributed by atoms with Crippen molar-refractivity contribution in [3.05, 3.63) is 60.7 Å². The van der Waals surface area contributed by atoms with Crippen molar-refractivity contribution in [1.82, 2.24) is 0 Å². The van der Waals surface area contributed by atoms with E-state index in [-0.39, 0.29) is 6.10 Å². The van der Waals surface area contributed by atoms with Gasteiger partial charge in [0.15, 0.2) is 0 Å². The van der Waals surface area contributed by atoms with Crippen molar-refractivity contribution in [3.63, 3.8) is 0 Å². The van der Waals surface area contributed by atoms with E-state index in [1.165, 1.54) is 5.56 Å². The van der Waals surface area contributed by atoms with Crippen LogP contribution in [0.2, 0.25) is 0 Å². The van der Waals surface area contributed by atoms with Gasteiger partial charge in [0, 0.05) is 0 Å². The quantitative estimate of drug-likeness (QED) is 0.654. The lowest BCUT2D eigenvalue weighted by atomic mass is 10.1. The summed E-state index contributed by atoms with van der Waals surface area (Å²) >= 11 is 0. The Kier molecular flexibility index (Phi) is 5.58. The Morgan fingerprint density at radius 1 is 1.19 bits per heavy atom. The van der Waals surface area contributed by atoms with Crippen LogP contribution in [0.4, 0.5) is 0 Å². The maximum absolute atomic E-state index is 5.70. The second-order valence-electron chi connectivity index (χ2n) is 3.98. The predicted molar refractivity (Wildman–Crippen MR) is 69.2 cm³/mol. The number of benzene rings is 1. The zero-order valence-corrected chi connectivity index (χ0v) is 10.1. The SMILES string of the molecule is C=C[C@H](C)/C=C/[C@H](C)OCc1ccccc1. The van der Waals surface area contributed by atoms with Gasteiger partial charge < -0.3 is 4.74 Å². The van der Waals surface area contributed by atoms with Crippen LogP contribution in [0.3, 0.4) is 0 Å². The fourth-order valence-corrected chi connectivity index (χ4v) is 1.27. The smallest absolute Gasteiger partial charge is 0.0732 e. The summed E-state index contributed by atoms with van der Waals surface area (Å²) in [6.07, 6.45) is 6.25. The summed E-state index contributed by atoms with van der Waals surface area (Å²) < 4.78 is 5.70. The van der Waals surface area contributed by atoms with Crippen LogP contribution in [0.5, 0.6) is 0 Å². The highest BCUT2D eigenvalue weighted by Gasteiger charge is 1.98. The molecular weight excluding hydrogens is 196 g/mol. The Morgan fingerprint density at radius 2 is 1.88 bits per heavy atom. The van der Waals surface area contributed by atoms with Crippen LogP contribution in [0.1, 0.15) is 19.4 Å². The minimum atomic E-state index is 0.141. The van der Waals surface area contributed by atoms with Crippen molar-refractivity contribution in [1.29, 1.82) is 0 Å². The average molecular weight is 216 g/mol. The maximum atomic E-state index is 5.70. The van der Waals surface area contributed by atoms with Crippen molar-refractivity contribution in [3.8, 4) is 0 Å². The lowest BCUT2D eigenvalue weighted by Gasteiger charge is -2.09. The Bertz CT molecular complexity index is 327. The van der Waals surface area contributed by atoms with Crippen LogP contribution in [0.15, 0.2) is 55.1 Å². The number of rotatable bonds is 6. The molecule has 0 aliphatic heterocycles. The standard InChI is InChI=1S/C15H20O/c1-4-13(2)10-11-14(3)16-12-15-8-6-5-7-9-15/h4-11,13-14H,1,12H2,2-3H3/b11-10+/t13-,14-/m0/s1. The van der Waals surface area contributed by atoms with E-state index < -0.39 is 0 Å². The van der Waals surface area contributed by atoms with Crippen LogP contribution in [-0.4, -0.2) is 6.10 Å². The lowest BCUT2D eigenvalue weighted by Crippen LogP contribution is -2.04. The highest BCUT2D eigenvalue weighted by Crippen LogP contribution is 2.05. The molecule has 0 saturated heterocycles. The van der Waals surface area contributed by atoms with Crippen LogP contribution in [0.25, 0.3) is 0 Å². The van der Waals surface area contributed by atoms with Gasteiger partial charge in [-0.2, -0.15) is 0 Å². The second kappa shape index (κ2) is 7.02. The largest absolute Gasteiger partial charge is 0.370 e. The minimum Gasteiger partial charge on any atom is -0.370 e. The molecule has 0 heterocycles. The van der Waals surface area contributed by atoms with Gasteiger partial charge in [0.2, 0.25) is 0 Å². The molecule has 0 bridgehead atoms. The van der Waals surface area contributed by atoms with Gasteiger partial charge in [0.1, 0.15) is 0 Å². The third kappa shape index (κ3) is 4.94. The second-order valence-corrected chi connectivity index (χ2v) is 3.98.